The van der Waals surface area contributed by atoms with Crippen LogP contribution in [0, 0.1) is 0 Å². The summed E-state index contributed by atoms with van der Waals surface area (Å²) in [5, 5.41) is 43.7. The van der Waals surface area contributed by atoms with Crippen LogP contribution < -0.4 is 10.6 Å². The Morgan fingerprint density at radius 1 is 1.32 bits per heavy atom. The zero-order chi connectivity index (χ0) is 31.8. The Hall–Kier alpha value is -4.83. The van der Waals surface area contributed by atoms with Crippen LogP contribution in [0.15, 0.2) is 44.8 Å². The molecular weight excluding hydrogens is 645 g/mol. The highest BCUT2D eigenvalue weighted by atomic mass is 32.2. The Labute approximate surface area is 259 Å². The minimum atomic E-state index is -1.35. The fourth-order valence-corrected chi connectivity index (χ4v) is 6.82. The molecule has 0 radical (unpaired) electrons. The van der Waals surface area contributed by atoms with Gasteiger partial charge in [0.25, 0.3) is 11.8 Å². The molecule has 2 aliphatic heterocycles. The lowest BCUT2D eigenvalue weighted by Gasteiger charge is -2.49. The van der Waals surface area contributed by atoms with E-state index in [9.17, 15) is 34.2 Å². The van der Waals surface area contributed by atoms with Crippen molar-refractivity contribution in [2.75, 3.05) is 30.5 Å². The number of rotatable bonds is 16. The molecule has 4 N–H and O–H groups in total. The van der Waals surface area contributed by atoms with Gasteiger partial charge in [-0.25, -0.2) is 19.3 Å². The van der Waals surface area contributed by atoms with Gasteiger partial charge in [-0.2, -0.15) is 0 Å². The van der Waals surface area contributed by atoms with Gasteiger partial charge in [0, 0.05) is 16.9 Å². The molecule has 1 saturated heterocycles. The van der Waals surface area contributed by atoms with Crippen molar-refractivity contribution in [3.05, 3.63) is 35.0 Å². The smallest absolute Gasteiger partial charge is 0.355 e. The minimum Gasteiger partial charge on any atom is -0.477 e. The number of thioether (sulfide) groups is 2. The molecule has 1 fully saturated rings. The topological polar surface area (TPSA) is 253 Å². The predicted molar refractivity (Wildman–Crippen MR) is 155 cm³/mol. The van der Waals surface area contributed by atoms with E-state index in [2.05, 4.69) is 52.9 Å². The van der Waals surface area contributed by atoms with E-state index in [0.29, 0.717) is 12.0 Å². The number of hydrogen-bond acceptors (Lipinski definition) is 16. The second kappa shape index (κ2) is 14.6. The second-order valence-corrected chi connectivity index (χ2v) is 11.3. The summed E-state index contributed by atoms with van der Waals surface area (Å²) in [4.78, 5) is 75.5. The summed E-state index contributed by atoms with van der Waals surface area (Å²) in [6, 6.07) is -1.08. The van der Waals surface area contributed by atoms with Crippen molar-refractivity contribution in [1.29, 1.82) is 0 Å². The molecular formula is C22H22N10O9S3. The third kappa shape index (κ3) is 7.03. The lowest BCUT2D eigenvalue weighted by Crippen LogP contribution is -2.71. The van der Waals surface area contributed by atoms with Gasteiger partial charge in [0.1, 0.15) is 36.5 Å². The normalized spacial score (nSPS) is 18.2. The van der Waals surface area contributed by atoms with Gasteiger partial charge in [-0.3, -0.25) is 19.3 Å². The van der Waals surface area contributed by atoms with E-state index < -0.39 is 35.2 Å². The standard InChI is InChI=1S/C22H22N10O9S3/c1-3-4-41-28-13(12-8-43-21(24-12)23-9-33)16(34)25-14-17(35)32-15(20(38)39)10(6-42-18(14)32)7-44-22-26-29-30-31(22)5-11(19(36)37)27-40-2/h3,8-9,14,18H,1,4-7H2,2H3,(H,25,34)(H,36,37)(H,38,39)(H,23,24,33)/t14?,18-/m0/s1. The monoisotopic (exact) mass is 666 g/mol. The maximum Gasteiger partial charge on any atom is 0.355 e. The Bertz CT molecular complexity index is 1570. The highest BCUT2D eigenvalue weighted by Crippen LogP contribution is 2.41. The number of nitrogens with one attached hydrogen (secondary N) is 2. The third-order valence-corrected chi connectivity index (χ3v) is 8.81. The molecule has 0 saturated carbocycles. The molecule has 2 aliphatic rings. The van der Waals surface area contributed by atoms with Gasteiger partial charge in [0.15, 0.2) is 16.6 Å². The Balaban J connectivity index is 1.48. The van der Waals surface area contributed by atoms with E-state index in [4.69, 9.17) is 4.84 Å². The van der Waals surface area contributed by atoms with Crippen molar-refractivity contribution in [3.8, 4) is 0 Å². The van der Waals surface area contributed by atoms with Gasteiger partial charge in [0.2, 0.25) is 11.6 Å². The molecule has 0 aliphatic carbocycles. The molecule has 0 spiro atoms. The molecule has 4 rings (SSSR count). The van der Waals surface area contributed by atoms with Crippen LogP contribution in [0.25, 0.3) is 0 Å². The van der Waals surface area contributed by atoms with E-state index in [1.807, 2.05) is 0 Å². The molecule has 1 unspecified atom stereocenters. The van der Waals surface area contributed by atoms with Gasteiger partial charge in [-0.15, -0.1) is 28.2 Å². The van der Waals surface area contributed by atoms with Gasteiger partial charge >= 0.3 is 11.9 Å². The molecule has 3 amide bonds. The van der Waals surface area contributed by atoms with Crippen LogP contribution in [0.2, 0.25) is 0 Å². The van der Waals surface area contributed by atoms with Gasteiger partial charge in [0.05, 0.1) is 6.54 Å². The number of tetrazole rings is 1. The van der Waals surface area contributed by atoms with Crippen LogP contribution in [0.4, 0.5) is 5.13 Å². The number of nitrogens with zero attached hydrogens (tertiary/aromatic N) is 8. The molecule has 2 aromatic heterocycles. The average molecular weight is 667 g/mol. The van der Waals surface area contributed by atoms with E-state index >= 15 is 0 Å². The number of carboxylic acids is 2. The summed E-state index contributed by atoms with van der Waals surface area (Å²) in [5.41, 5.74) is -0.402. The van der Waals surface area contributed by atoms with Crippen LogP contribution in [0.1, 0.15) is 5.69 Å². The first-order valence-electron chi connectivity index (χ1n) is 12.1. The number of fused-ring (bicyclic) bond motifs is 1. The number of aromatic nitrogens is 5. The lowest BCUT2D eigenvalue weighted by atomic mass is 10.0. The third-order valence-electron chi connectivity index (χ3n) is 5.65. The zero-order valence-electron chi connectivity index (χ0n) is 22.5. The number of thiazole rings is 1. The number of carbonyl (C=O) groups excluding carboxylic acids is 3. The van der Waals surface area contributed by atoms with Crippen LogP contribution in [0.3, 0.4) is 0 Å². The average Bonchev–Trinajstić information content (AvgIpc) is 3.65. The quantitative estimate of drug-likeness (QED) is 0.0326. The largest absolute Gasteiger partial charge is 0.477 e. The van der Waals surface area contributed by atoms with Crippen molar-refractivity contribution in [2.24, 2.45) is 10.3 Å². The molecule has 232 valence electrons. The summed E-state index contributed by atoms with van der Waals surface area (Å²) in [6.07, 6.45) is 1.83. The summed E-state index contributed by atoms with van der Waals surface area (Å²) in [6.45, 7) is 3.18. The van der Waals surface area contributed by atoms with Crippen LogP contribution in [-0.4, -0.2) is 119 Å². The first kappa shape index (κ1) is 32.1. The van der Waals surface area contributed by atoms with Crippen molar-refractivity contribution in [3.63, 3.8) is 0 Å². The molecule has 2 atom stereocenters. The Kier molecular flexibility index (Phi) is 10.6. The van der Waals surface area contributed by atoms with Gasteiger partial charge in [-0.05, 0) is 16.0 Å². The van der Waals surface area contributed by atoms with Crippen LogP contribution in [0.5, 0.6) is 0 Å². The van der Waals surface area contributed by atoms with E-state index in [1.54, 1.807) is 0 Å². The summed E-state index contributed by atoms with van der Waals surface area (Å²) in [7, 11) is 1.19. The molecule has 44 heavy (non-hydrogen) atoms. The van der Waals surface area contributed by atoms with Gasteiger partial charge < -0.3 is 30.5 Å². The van der Waals surface area contributed by atoms with Crippen LogP contribution >= 0.6 is 34.9 Å². The first-order chi connectivity index (χ1) is 21.2. The maximum atomic E-state index is 13.2. The van der Waals surface area contributed by atoms with Gasteiger partial charge in [-0.1, -0.05) is 34.7 Å². The van der Waals surface area contributed by atoms with E-state index in [-0.39, 0.29) is 57.8 Å². The highest BCUT2D eigenvalue weighted by Gasteiger charge is 2.54. The number of hydrogen-bond donors (Lipinski definition) is 4. The molecule has 0 aromatic carbocycles. The molecule has 4 heterocycles. The molecule has 0 bridgehead atoms. The summed E-state index contributed by atoms with van der Waals surface area (Å²) < 4.78 is 1.16. The summed E-state index contributed by atoms with van der Waals surface area (Å²) >= 11 is 3.31. The first-order valence-corrected chi connectivity index (χ1v) is 15.0. The molecule has 22 heteroatoms. The minimum absolute atomic E-state index is 0.0175. The van der Waals surface area contributed by atoms with Crippen LogP contribution in [-0.2, 0) is 40.2 Å². The number of carbonyl (C=O) groups is 5. The molecule has 19 nitrogen and oxygen atoms in total. The highest BCUT2D eigenvalue weighted by molar-refractivity contribution is 8.01. The SMILES string of the molecule is C=CCON=C(C(=O)NC1C(=O)N2C(C(=O)O)=C(CSc3nnnn3CC(=NOC)C(=O)O)CS[C@@H]12)c1csc(NC=O)n1. The number of anilines is 1. The van der Waals surface area contributed by atoms with Crippen molar-refractivity contribution in [1.82, 2.24) is 35.4 Å². The molecule has 2 aromatic rings. The number of carboxylic acid groups (broad SMARTS) is 2. The maximum absolute atomic E-state index is 13.2. The fourth-order valence-electron chi connectivity index (χ4n) is 3.80. The number of aliphatic carboxylic acids is 2. The summed E-state index contributed by atoms with van der Waals surface area (Å²) in [5.74, 6) is -3.89. The predicted octanol–water partition coefficient (Wildman–Crippen LogP) is -0.777. The Morgan fingerprint density at radius 2 is 2.11 bits per heavy atom. The number of β-lactam (4-membered cyclic amide) rings is 1. The second-order valence-electron chi connectivity index (χ2n) is 8.38. The lowest BCUT2D eigenvalue weighted by molar-refractivity contribution is -0.150. The van der Waals surface area contributed by atoms with E-state index in [0.717, 1.165) is 32.7 Å². The zero-order valence-corrected chi connectivity index (χ0v) is 24.9. The number of amides is 3. The number of oxime groups is 2. The fraction of sp³-hybridized carbons (Fsp3) is 0.318. The van der Waals surface area contributed by atoms with E-state index in [1.165, 1.54) is 30.3 Å². The van der Waals surface area contributed by atoms with Crippen molar-refractivity contribution in [2.45, 2.75) is 23.1 Å². The Morgan fingerprint density at radius 3 is 2.80 bits per heavy atom. The van der Waals surface area contributed by atoms with Crippen molar-refractivity contribution >= 4 is 81.6 Å². The van der Waals surface area contributed by atoms with Crippen molar-refractivity contribution < 1.29 is 43.9 Å².